The number of pyridine rings is 2. The van der Waals surface area contributed by atoms with Gasteiger partial charge >= 0.3 is 0 Å². The van der Waals surface area contributed by atoms with Crippen LogP contribution in [-0.4, -0.2) is 24.3 Å². The van der Waals surface area contributed by atoms with E-state index in [1.54, 1.807) is 36.4 Å². The number of carbonyl (C=O) groups is 1. The number of rotatable bonds is 6. The summed E-state index contributed by atoms with van der Waals surface area (Å²) in [7, 11) is -3.78. The van der Waals surface area contributed by atoms with Gasteiger partial charge in [-0.1, -0.05) is 35.9 Å². The Balaban J connectivity index is 1.27. The summed E-state index contributed by atoms with van der Waals surface area (Å²) in [4.78, 5) is 20.7. The molecule has 0 bridgehead atoms. The van der Waals surface area contributed by atoms with Crippen molar-refractivity contribution >= 4 is 49.8 Å². The molecule has 0 aliphatic heterocycles. The minimum Gasteiger partial charge on any atom is -0.323 e. The first-order valence-corrected chi connectivity index (χ1v) is 12.3. The normalized spacial score (nSPS) is 17.4. The standard InChI is InChI=1S/C24H18ClFN4O3S/c25-19-13-27-12-15-6-9-20(23(26)22(15)19)29-24(31)18-11-17(18)14-4-7-16(8-5-14)34(32,33)30-21-3-1-2-10-28-21/h1-10,12-13,17-18H,11H2,(H,28,30)(H,29,31). The molecular weight excluding hydrogens is 479 g/mol. The van der Waals surface area contributed by atoms with Gasteiger partial charge < -0.3 is 5.32 Å². The molecule has 1 fully saturated rings. The topological polar surface area (TPSA) is 101 Å². The van der Waals surface area contributed by atoms with Crippen LogP contribution in [0.5, 0.6) is 0 Å². The summed E-state index contributed by atoms with van der Waals surface area (Å²) in [5.74, 6) is -1.09. The number of nitrogens with zero attached hydrogens (tertiary/aromatic N) is 2. The Morgan fingerprint density at radius 2 is 1.85 bits per heavy atom. The quantitative estimate of drug-likeness (QED) is 0.392. The number of amides is 1. The molecule has 0 saturated heterocycles. The smallest absolute Gasteiger partial charge is 0.263 e. The maximum Gasteiger partial charge on any atom is 0.263 e. The molecule has 2 aromatic carbocycles. The van der Waals surface area contributed by atoms with E-state index in [1.165, 1.54) is 36.8 Å². The molecule has 1 aliphatic carbocycles. The first-order valence-electron chi connectivity index (χ1n) is 10.4. The van der Waals surface area contributed by atoms with Gasteiger partial charge in [-0.25, -0.2) is 17.8 Å². The average molecular weight is 497 g/mol. The van der Waals surface area contributed by atoms with E-state index in [0.29, 0.717) is 11.8 Å². The maximum absolute atomic E-state index is 14.9. The molecule has 2 N–H and O–H groups in total. The van der Waals surface area contributed by atoms with Crippen molar-refractivity contribution in [1.29, 1.82) is 0 Å². The minimum atomic E-state index is -3.78. The minimum absolute atomic E-state index is 0.0540. The van der Waals surface area contributed by atoms with Crippen molar-refractivity contribution < 1.29 is 17.6 Å². The van der Waals surface area contributed by atoms with Crippen molar-refractivity contribution in [3.8, 4) is 0 Å². The van der Waals surface area contributed by atoms with Gasteiger partial charge in [0, 0.05) is 35.3 Å². The molecule has 7 nitrogen and oxygen atoms in total. The van der Waals surface area contributed by atoms with Crippen LogP contribution in [0.25, 0.3) is 10.8 Å². The second-order valence-corrected chi connectivity index (χ2v) is 10.1. The van der Waals surface area contributed by atoms with Crippen molar-refractivity contribution in [2.75, 3.05) is 10.0 Å². The fourth-order valence-corrected chi connectivity index (χ4v) is 5.13. The summed E-state index contributed by atoms with van der Waals surface area (Å²) in [6, 6.07) is 14.4. The van der Waals surface area contributed by atoms with Gasteiger partial charge in [0.15, 0.2) is 5.82 Å². The zero-order chi connectivity index (χ0) is 23.9. The number of aromatic nitrogens is 2. The summed E-state index contributed by atoms with van der Waals surface area (Å²) in [5.41, 5.74) is 0.892. The highest BCUT2D eigenvalue weighted by molar-refractivity contribution is 7.92. The first kappa shape index (κ1) is 22.2. The van der Waals surface area contributed by atoms with Crippen LogP contribution < -0.4 is 10.0 Å². The van der Waals surface area contributed by atoms with Gasteiger partial charge in [0.25, 0.3) is 10.0 Å². The fraction of sp³-hybridized carbons (Fsp3) is 0.125. The molecule has 2 atom stereocenters. The molecular formula is C24H18ClFN4O3S. The molecule has 34 heavy (non-hydrogen) atoms. The van der Waals surface area contributed by atoms with Gasteiger partial charge in [-0.15, -0.1) is 0 Å². The number of nitrogens with one attached hydrogen (secondary N) is 2. The molecule has 5 rings (SSSR count). The largest absolute Gasteiger partial charge is 0.323 e. The summed E-state index contributed by atoms with van der Waals surface area (Å²) in [5, 5.41) is 3.57. The number of anilines is 2. The van der Waals surface area contributed by atoms with Gasteiger partial charge in [0.2, 0.25) is 5.91 Å². The Bertz CT molecular complexity index is 1500. The third-order valence-corrected chi connectivity index (χ3v) is 7.38. The number of hydrogen-bond donors (Lipinski definition) is 2. The first-order chi connectivity index (χ1) is 16.3. The third kappa shape index (κ3) is 4.32. The van der Waals surface area contributed by atoms with Gasteiger partial charge in [-0.2, -0.15) is 0 Å². The number of benzene rings is 2. The molecule has 172 valence electrons. The second-order valence-electron chi connectivity index (χ2n) is 7.97. The van der Waals surface area contributed by atoms with Gasteiger partial charge in [0.1, 0.15) is 5.82 Å². The molecule has 10 heteroatoms. The molecule has 1 aliphatic rings. The van der Waals surface area contributed by atoms with Crippen molar-refractivity contribution in [3.63, 3.8) is 0 Å². The van der Waals surface area contributed by atoms with Crippen molar-refractivity contribution in [2.45, 2.75) is 17.2 Å². The Kier molecular flexibility index (Phi) is 5.66. The van der Waals surface area contributed by atoms with E-state index in [0.717, 1.165) is 5.56 Å². The van der Waals surface area contributed by atoms with E-state index in [4.69, 9.17) is 11.6 Å². The van der Waals surface area contributed by atoms with Crippen LogP contribution in [0.3, 0.4) is 0 Å². The number of fused-ring (bicyclic) bond motifs is 1. The van der Waals surface area contributed by atoms with E-state index in [-0.39, 0.29) is 44.6 Å². The average Bonchev–Trinajstić information content (AvgIpc) is 3.63. The van der Waals surface area contributed by atoms with E-state index < -0.39 is 15.8 Å². The monoisotopic (exact) mass is 496 g/mol. The lowest BCUT2D eigenvalue weighted by atomic mass is 10.1. The zero-order valence-electron chi connectivity index (χ0n) is 17.6. The zero-order valence-corrected chi connectivity index (χ0v) is 19.1. The van der Waals surface area contributed by atoms with Crippen LogP contribution in [0.2, 0.25) is 5.02 Å². The van der Waals surface area contributed by atoms with E-state index in [2.05, 4.69) is 20.0 Å². The lowest BCUT2D eigenvalue weighted by Gasteiger charge is -2.10. The van der Waals surface area contributed by atoms with Crippen molar-refractivity contribution in [2.24, 2.45) is 5.92 Å². The molecule has 1 amide bonds. The van der Waals surface area contributed by atoms with Crippen molar-refractivity contribution in [3.05, 3.63) is 89.6 Å². The number of halogens is 2. The Morgan fingerprint density at radius 3 is 2.59 bits per heavy atom. The van der Waals surface area contributed by atoms with E-state index in [9.17, 15) is 17.6 Å². The summed E-state index contributed by atoms with van der Waals surface area (Å²) in [6.45, 7) is 0. The predicted octanol–water partition coefficient (Wildman–Crippen LogP) is 4.97. The van der Waals surface area contributed by atoms with Crippen LogP contribution in [0, 0.1) is 11.7 Å². The third-order valence-electron chi connectivity index (χ3n) is 5.72. The lowest BCUT2D eigenvalue weighted by molar-refractivity contribution is -0.117. The highest BCUT2D eigenvalue weighted by Gasteiger charge is 2.44. The SMILES string of the molecule is O=C(Nc1ccc2cncc(Cl)c2c1F)C1CC1c1ccc(S(=O)(=O)Nc2ccccn2)cc1. The maximum atomic E-state index is 14.9. The van der Waals surface area contributed by atoms with Crippen LogP contribution in [-0.2, 0) is 14.8 Å². The Hall–Kier alpha value is -3.56. The molecule has 1 saturated carbocycles. The lowest BCUT2D eigenvalue weighted by Crippen LogP contribution is -2.16. The summed E-state index contributed by atoms with van der Waals surface area (Å²) >= 11 is 6.07. The Morgan fingerprint density at radius 1 is 1.06 bits per heavy atom. The fourth-order valence-electron chi connectivity index (χ4n) is 3.88. The molecule has 0 spiro atoms. The molecule has 2 aromatic heterocycles. The van der Waals surface area contributed by atoms with Gasteiger partial charge in [-0.05, 0) is 48.2 Å². The molecule has 0 radical (unpaired) electrons. The number of carbonyl (C=O) groups excluding carboxylic acids is 1. The van der Waals surface area contributed by atoms with Crippen LogP contribution >= 0.6 is 11.6 Å². The predicted molar refractivity (Wildman–Crippen MR) is 128 cm³/mol. The van der Waals surface area contributed by atoms with Gasteiger partial charge in [-0.3, -0.25) is 14.5 Å². The number of sulfonamides is 1. The van der Waals surface area contributed by atoms with E-state index in [1.807, 2.05) is 0 Å². The van der Waals surface area contributed by atoms with Crippen molar-refractivity contribution in [1.82, 2.24) is 9.97 Å². The highest BCUT2D eigenvalue weighted by atomic mass is 35.5. The second kappa shape index (κ2) is 8.66. The van der Waals surface area contributed by atoms with Crippen LogP contribution in [0.15, 0.2) is 78.1 Å². The molecule has 2 unspecified atom stereocenters. The molecule has 4 aromatic rings. The summed E-state index contributed by atoms with van der Waals surface area (Å²) in [6.07, 6.45) is 4.94. The summed E-state index contributed by atoms with van der Waals surface area (Å²) < 4.78 is 42.5. The molecule has 2 heterocycles. The van der Waals surface area contributed by atoms with Crippen LogP contribution in [0.4, 0.5) is 15.9 Å². The highest BCUT2D eigenvalue weighted by Crippen LogP contribution is 2.48. The van der Waals surface area contributed by atoms with E-state index >= 15 is 0 Å². The Labute approximate surface area is 200 Å². The number of hydrogen-bond acceptors (Lipinski definition) is 5. The van der Waals surface area contributed by atoms with Crippen LogP contribution in [0.1, 0.15) is 17.9 Å². The van der Waals surface area contributed by atoms with Gasteiger partial charge in [0.05, 0.1) is 15.6 Å².